The third-order valence-corrected chi connectivity index (χ3v) is 2.86. The second-order valence-electron chi connectivity index (χ2n) is 4.33. The molecule has 0 fully saturated rings. The first kappa shape index (κ1) is 13.9. The molecule has 0 bridgehead atoms. The van der Waals surface area contributed by atoms with Gasteiger partial charge in [-0.15, -0.1) is 0 Å². The lowest BCUT2D eigenvalue weighted by molar-refractivity contribution is 0.0934. The van der Waals surface area contributed by atoms with Crippen molar-refractivity contribution in [2.75, 3.05) is 12.3 Å². The first-order valence-corrected chi connectivity index (χ1v) is 6.45. The topological polar surface area (TPSA) is 93.0 Å². The summed E-state index contributed by atoms with van der Waals surface area (Å²) in [5.41, 5.74) is 6.72. The number of imidazole rings is 1. The number of nitrogens with two attached hydrogens (primary N) is 1. The summed E-state index contributed by atoms with van der Waals surface area (Å²) >= 11 is 0. The van der Waals surface area contributed by atoms with Gasteiger partial charge in [0.25, 0.3) is 5.91 Å². The maximum atomic E-state index is 12.3. The van der Waals surface area contributed by atoms with E-state index < -0.39 is 0 Å². The van der Waals surface area contributed by atoms with Crippen LogP contribution in [0.25, 0.3) is 0 Å². The number of carbonyl (C=O) groups excluding carboxylic acids is 1. The van der Waals surface area contributed by atoms with Gasteiger partial charge in [-0.05, 0) is 26.0 Å². The molecule has 0 aliphatic heterocycles. The number of carbonyl (C=O) groups is 1. The van der Waals surface area contributed by atoms with E-state index in [4.69, 9.17) is 10.5 Å². The Kier molecular flexibility index (Phi) is 4.24. The van der Waals surface area contributed by atoms with Gasteiger partial charge in [-0.3, -0.25) is 4.79 Å². The van der Waals surface area contributed by atoms with Gasteiger partial charge in [0.2, 0.25) is 0 Å². The summed E-state index contributed by atoms with van der Waals surface area (Å²) < 4.78 is 5.45. The molecule has 1 heterocycles. The van der Waals surface area contributed by atoms with Crippen LogP contribution in [-0.4, -0.2) is 22.5 Å². The summed E-state index contributed by atoms with van der Waals surface area (Å²) in [5.74, 6) is 0.865. The number of hydrogen-bond acceptors (Lipinski definition) is 4. The third-order valence-electron chi connectivity index (χ3n) is 2.86. The van der Waals surface area contributed by atoms with Crippen molar-refractivity contribution in [2.24, 2.45) is 0 Å². The van der Waals surface area contributed by atoms with Gasteiger partial charge < -0.3 is 20.8 Å². The highest BCUT2D eigenvalue weighted by Gasteiger charge is 2.18. The number of benzene rings is 1. The number of aromatic amines is 1. The predicted molar refractivity (Wildman–Crippen MR) is 76.5 cm³/mol. The number of H-pyrrole nitrogens is 1. The van der Waals surface area contributed by atoms with Crippen molar-refractivity contribution < 1.29 is 9.53 Å². The van der Waals surface area contributed by atoms with E-state index in [1.807, 2.05) is 13.8 Å². The monoisotopic (exact) mass is 274 g/mol. The summed E-state index contributed by atoms with van der Waals surface area (Å²) in [7, 11) is 0. The molecule has 1 unspecified atom stereocenters. The summed E-state index contributed by atoms with van der Waals surface area (Å²) in [6.45, 7) is 4.14. The van der Waals surface area contributed by atoms with Gasteiger partial charge in [-0.25, -0.2) is 4.98 Å². The lowest BCUT2D eigenvalue weighted by atomic mass is 10.1. The fourth-order valence-corrected chi connectivity index (χ4v) is 1.90. The van der Waals surface area contributed by atoms with Crippen LogP contribution in [0.5, 0.6) is 5.75 Å². The van der Waals surface area contributed by atoms with E-state index in [2.05, 4.69) is 15.3 Å². The van der Waals surface area contributed by atoms with Crippen LogP contribution in [-0.2, 0) is 0 Å². The van der Waals surface area contributed by atoms with Gasteiger partial charge in [0.15, 0.2) is 5.75 Å². The fourth-order valence-electron chi connectivity index (χ4n) is 1.90. The van der Waals surface area contributed by atoms with Crippen LogP contribution in [0.3, 0.4) is 0 Å². The lowest BCUT2D eigenvalue weighted by Crippen LogP contribution is -2.28. The van der Waals surface area contributed by atoms with Gasteiger partial charge in [-0.2, -0.15) is 0 Å². The molecule has 0 saturated carbocycles. The van der Waals surface area contributed by atoms with Gasteiger partial charge in [0, 0.05) is 12.4 Å². The molecule has 1 amide bonds. The van der Waals surface area contributed by atoms with E-state index in [0.717, 1.165) is 0 Å². The Hall–Kier alpha value is -2.50. The van der Waals surface area contributed by atoms with Gasteiger partial charge in [-0.1, -0.05) is 6.07 Å². The zero-order chi connectivity index (χ0) is 14.5. The van der Waals surface area contributed by atoms with Crippen LogP contribution < -0.4 is 15.8 Å². The van der Waals surface area contributed by atoms with E-state index in [1.54, 1.807) is 30.6 Å². The van der Waals surface area contributed by atoms with E-state index in [1.165, 1.54) is 0 Å². The number of rotatable bonds is 5. The maximum absolute atomic E-state index is 12.3. The van der Waals surface area contributed by atoms with Crippen LogP contribution in [0, 0.1) is 0 Å². The molecular weight excluding hydrogens is 256 g/mol. The van der Waals surface area contributed by atoms with E-state index in [9.17, 15) is 4.79 Å². The quantitative estimate of drug-likeness (QED) is 0.726. The number of nitrogen functional groups attached to an aromatic ring is 1. The second kappa shape index (κ2) is 6.10. The van der Waals surface area contributed by atoms with Crippen molar-refractivity contribution in [3.8, 4) is 5.75 Å². The minimum atomic E-state index is -0.246. The Balaban J connectivity index is 2.19. The minimum absolute atomic E-state index is 0.228. The molecule has 2 rings (SSSR count). The highest BCUT2D eigenvalue weighted by Crippen LogP contribution is 2.26. The molecule has 2 aromatic rings. The Morgan fingerprint density at radius 1 is 1.55 bits per heavy atom. The number of amides is 1. The Morgan fingerprint density at radius 3 is 3.00 bits per heavy atom. The molecule has 1 atom stereocenters. The van der Waals surface area contributed by atoms with Crippen molar-refractivity contribution in [1.29, 1.82) is 0 Å². The molecule has 6 heteroatoms. The molecule has 0 aliphatic rings. The number of nitrogens with zero attached hydrogens (tertiary/aromatic N) is 1. The Labute approximate surface area is 117 Å². The molecule has 4 N–H and O–H groups in total. The highest BCUT2D eigenvalue weighted by molar-refractivity contribution is 5.98. The molecule has 0 spiro atoms. The summed E-state index contributed by atoms with van der Waals surface area (Å²) in [5, 5.41) is 2.86. The smallest absolute Gasteiger partial charge is 0.255 e. The number of anilines is 1. The second-order valence-corrected chi connectivity index (χ2v) is 4.33. The number of nitrogens with one attached hydrogen (secondary N) is 2. The Bertz CT molecular complexity index is 581. The molecule has 106 valence electrons. The van der Waals surface area contributed by atoms with Crippen molar-refractivity contribution in [1.82, 2.24) is 15.3 Å². The van der Waals surface area contributed by atoms with Crippen molar-refractivity contribution in [3.63, 3.8) is 0 Å². The largest absolute Gasteiger partial charge is 0.491 e. The van der Waals surface area contributed by atoms with E-state index >= 15 is 0 Å². The van der Waals surface area contributed by atoms with E-state index in [-0.39, 0.29) is 11.9 Å². The van der Waals surface area contributed by atoms with Crippen LogP contribution in [0.4, 0.5) is 5.69 Å². The molecule has 1 aromatic carbocycles. The average molecular weight is 274 g/mol. The zero-order valence-electron chi connectivity index (χ0n) is 11.5. The van der Waals surface area contributed by atoms with Crippen molar-refractivity contribution in [3.05, 3.63) is 42.0 Å². The first-order chi connectivity index (χ1) is 9.63. The van der Waals surface area contributed by atoms with Crippen molar-refractivity contribution >= 4 is 11.6 Å². The van der Waals surface area contributed by atoms with Crippen LogP contribution >= 0.6 is 0 Å². The van der Waals surface area contributed by atoms with Gasteiger partial charge >= 0.3 is 0 Å². The SMILES string of the molecule is CCOc1c(N)cccc1C(=O)NC(C)c1ncc[nH]1. The minimum Gasteiger partial charge on any atom is -0.491 e. The molecular formula is C14H18N4O2. The number of hydrogen-bond donors (Lipinski definition) is 3. The number of para-hydroxylation sites is 1. The van der Waals surface area contributed by atoms with E-state index in [0.29, 0.717) is 29.4 Å². The predicted octanol–water partition coefficient (Wildman–Crippen LogP) is 1.88. The number of ether oxygens (including phenoxy) is 1. The average Bonchev–Trinajstić information content (AvgIpc) is 2.95. The lowest BCUT2D eigenvalue weighted by Gasteiger charge is -2.15. The standard InChI is InChI=1S/C14H18N4O2/c1-3-20-12-10(5-4-6-11(12)15)14(19)18-9(2)13-16-7-8-17-13/h4-9H,3,15H2,1-2H3,(H,16,17)(H,18,19). The molecule has 0 radical (unpaired) electrons. The van der Waals surface area contributed by atoms with Crippen LogP contribution in [0.1, 0.15) is 36.1 Å². The van der Waals surface area contributed by atoms with Gasteiger partial charge in [0.05, 0.1) is 23.9 Å². The number of aromatic nitrogens is 2. The molecule has 20 heavy (non-hydrogen) atoms. The van der Waals surface area contributed by atoms with Crippen LogP contribution in [0.15, 0.2) is 30.6 Å². The van der Waals surface area contributed by atoms with Crippen molar-refractivity contribution in [2.45, 2.75) is 19.9 Å². The zero-order valence-corrected chi connectivity index (χ0v) is 11.5. The molecule has 1 aromatic heterocycles. The summed E-state index contributed by atoms with van der Waals surface area (Å²) in [6, 6.07) is 4.89. The summed E-state index contributed by atoms with van der Waals surface area (Å²) in [4.78, 5) is 19.4. The fraction of sp³-hybridized carbons (Fsp3) is 0.286. The third kappa shape index (κ3) is 2.90. The van der Waals surface area contributed by atoms with Gasteiger partial charge in [0.1, 0.15) is 5.82 Å². The highest BCUT2D eigenvalue weighted by atomic mass is 16.5. The molecule has 0 saturated heterocycles. The normalized spacial score (nSPS) is 11.9. The Morgan fingerprint density at radius 2 is 2.35 bits per heavy atom. The molecule has 6 nitrogen and oxygen atoms in total. The molecule has 0 aliphatic carbocycles. The maximum Gasteiger partial charge on any atom is 0.255 e. The van der Waals surface area contributed by atoms with Crippen LogP contribution in [0.2, 0.25) is 0 Å². The summed E-state index contributed by atoms with van der Waals surface area (Å²) in [6.07, 6.45) is 3.36. The first-order valence-electron chi connectivity index (χ1n) is 6.45.